The van der Waals surface area contributed by atoms with E-state index in [4.69, 9.17) is 9.15 Å². The first-order chi connectivity index (χ1) is 24.5. The van der Waals surface area contributed by atoms with Crippen molar-refractivity contribution in [3.8, 4) is 17.2 Å². The molecule has 1 fully saturated rings. The molecule has 1 unspecified atom stereocenters. The molecule has 272 valence electrons. The predicted molar refractivity (Wildman–Crippen MR) is 183 cm³/mol. The summed E-state index contributed by atoms with van der Waals surface area (Å²) in [4.78, 5) is 34.9. The maximum absolute atomic E-state index is 13.8. The van der Waals surface area contributed by atoms with Crippen molar-refractivity contribution in [3.63, 3.8) is 0 Å². The number of alkyl halides is 3. The number of pyridine rings is 1. The summed E-state index contributed by atoms with van der Waals surface area (Å²) in [5, 5.41) is 30.9. The monoisotopic (exact) mass is 727 g/mol. The lowest BCUT2D eigenvalue weighted by atomic mass is 9.91. The van der Waals surface area contributed by atoms with Gasteiger partial charge in [0.1, 0.15) is 42.5 Å². The van der Waals surface area contributed by atoms with Gasteiger partial charge < -0.3 is 30.0 Å². The number of carbonyl (C=O) groups is 2. The van der Waals surface area contributed by atoms with Gasteiger partial charge in [-0.1, -0.05) is 24.3 Å². The minimum Gasteiger partial charge on any atom is -0.490 e. The van der Waals surface area contributed by atoms with Crippen LogP contribution in [-0.4, -0.2) is 101 Å². The highest BCUT2D eigenvalue weighted by Gasteiger charge is 2.38. The molecule has 0 spiro atoms. The average Bonchev–Trinajstić information content (AvgIpc) is 3.81. The average molecular weight is 728 g/mol. The van der Waals surface area contributed by atoms with Gasteiger partial charge in [0.25, 0.3) is 0 Å². The molecule has 51 heavy (non-hydrogen) atoms. The van der Waals surface area contributed by atoms with Gasteiger partial charge in [-0.25, -0.2) is 0 Å². The van der Waals surface area contributed by atoms with Gasteiger partial charge in [0.15, 0.2) is 5.76 Å². The molecule has 5 atom stereocenters. The first kappa shape index (κ1) is 36.5. The Bertz CT molecular complexity index is 1740. The van der Waals surface area contributed by atoms with E-state index in [1.54, 1.807) is 53.6 Å². The van der Waals surface area contributed by atoms with Crippen molar-refractivity contribution in [3.05, 3.63) is 94.5 Å². The number of benzene rings is 1. The lowest BCUT2D eigenvalue weighted by Crippen LogP contribution is -2.60. The fraction of sp³-hybridized carbons (Fsp3) is 0.417. The van der Waals surface area contributed by atoms with Crippen LogP contribution in [-0.2, 0) is 22.6 Å². The van der Waals surface area contributed by atoms with Crippen LogP contribution in [0.5, 0.6) is 5.75 Å². The van der Waals surface area contributed by atoms with Gasteiger partial charge in [0, 0.05) is 43.9 Å². The number of halogens is 3. The normalized spacial score (nSPS) is 20.9. The molecule has 15 heteroatoms. The fourth-order valence-corrected chi connectivity index (χ4v) is 7.25. The van der Waals surface area contributed by atoms with Crippen LogP contribution in [0.1, 0.15) is 29.3 Å². The largest absolute Gasteiger partial charge is 0.490 e. The van der Waals surface area contributed by atoms with E-state index in [1.165, 1.54) is 11.3 Å². The fourth-order valence-electron chi connectivity index (χ4n) is 6.57. The van der Waals surface area contributed by atoms with E-state index in [2.05, 4.69) is 10.3 Å². The van der Waals surface area contributed by atoms with Crippen LogP contribution in [0.25, 0.3) is 11.5 Å². The molecule has 3 aromatic heterocycles. The van der Waals surface area contributed by atoms with Gasteiger partial charge >= 0.3 is 6.18 Å². The second-order valence-corrected chi connectivity index (χ2v) is 13.7. The van der Waals surface area contributed by atoms with Crippen LogP contribution in [0, 0.1) is 5.92 Å². The molecule has 6 rings (SSSR count). The van der Waals surface area contributed by atoms with Crippen molar-refractivity contribution in [2.45, 2.75) is 49.9 Å². The zero-order chi connectivity index (χ0) is 36.0. The molecule has 11 nitrogen and oxygen atoms in total. The predicted octanol–water partition coefficient (Wildman–Crippen LogP) is 3.79. The van der Waals surface area contributed by atoms with Gasteiger partial charge in [0.05, 0.1) is 18.7 Å². The SMILES string of the molecule is O=C(N[C@H]1c2ccccc2OC[C@H]1O)C(Cc1ccsc1)C[C@H](O)CN1CCN(Cc2ccc(-c3ccccn3)o2)C[C@H]1C(=O)NCC(F)(F)F. The molecule has 2 amide bonds. The molecule has 4 aromatic rings. The Kier molecular flexibility index (Phi) is 11.7. The third-order valence-corrected chi connectivity index (χ3v) is 9.81. The number of aliphatic hydroxyl groups excluding tert-OH is 2. The van der Waals surface area contributed by atoms with Gasteiger partial charge in [-0.15, -0.1) is 0 Å². The molecular weight excluding hydrogens is 687 g/mol. The number of carbonyl (C=O) groups excluding carboxylic acids is 2. The highest BCUT2D eigenvalue weighted by Crippen LogP contribution is 2.33. The summed E-state index contributed by atoms with van der Waals surface area (Å²) in [6.07, 6.45) is -4.68. The molecule has 0 aliphatic carbocycles. The van der Waals surface area contributed by atoms with Crippen molar-refractivity contribution in [2.75, 3.05) is 39.3 Å². The number of aliphatic hydroxyl groups is 2. The number of thiophene rings is 1. The Morgan fingerprint density at radius 3 is 2.67 bits per heavy atom. The summed E-state index contributed by atoms with van der Waals surface area (Å²) >= 11 is 1.48. The van der Waals surface area contributed by atoms with Crippen molar-refractivity contribution >= 4 is 23.2 Å². The number of β-amino-alcohol motifs (C(OH)–C–C–N with tert-alkyl or cyclic N) is 1. The Balaban J connectivity index is 1.13. The second-order valence-electron chi connectivity index (χ2n) is 12.9. The quantitative estimate of drug-likeness (QED) is 0.162. The number of rotatable bonds is 13. The maximum atomic E-state index is 13.8. The van der Waals surface area contributed by atoms with Crippen LogP contribution < -0.4 is 15.4 Å². The first-order valence-corrected chi connectivity index (χ1v) is 17.7. The van der Waals surface area contributed by atoms with Gasteiger partial charge in [0.2, 0.25) is 11.8 Å². The number of ether oxygens (including phenoxy) is 1. The lowest BCUT2D eigenvalue weighted by molar-refractivity contribution is -0.143. The highest BCUT2D eigenvalue weighted by atomic mass is 32.1. The molecule has 0 radical (unpaired) electrons. The highest BCUT2D eigenvalue weighted by molar-refractivity contribution is 7.07. The zero-order valence-corrected chi connectivity index (χ0v) is 28.5. The molecule has 2 aliphatic heterocycles. The van der Waals surface area contributed by atoms with Crippen molar-refractivity contribution < 1.29 is 42.1 Å². The zero-order valence-electron chi connectivity index (χ0n) is 27.7. The van der Waals surface area contributed by atoms with Crippen LogP contribution >= 0.6 is 11.3 Å². The number of fused-ring (bicyclic) bond motifs is 1. The van der Waals surface area contributed by atoms with E-state index in [9.17, 15) is 33.0 Å². The van der Waals surface area contributed by atoms with Crippen LogP contribution in [0.4, 0.5) is 13.2 Å². The molecule has 1 saturated heterocycles. The Hall–Kier alpha value is -4.28. The van der Waals surface area contributed by atoms with E-state index in [-0.39, 0.29) is 38.6 Å². The summed E-state index contributed by atoms with van der Waals surface area (Å²) in [7, 11) is 0. The Labute approximate surface area is 297 Å². The van der Waals surface area contributed by atoms with Crippen LogP contribution in [0.3, 0.4) is 0 Å². The third-order valence-electron chi connectivity index (χ3n) is 9.08. The number of hydrogen-bond acceptors (Lipinski definition) is 10. The number of hydrogen-bond donors (Lipinski definition) is 4. The van der Waals surface area contributed by atoms with E-state index < -0.39 is 48.8 Å². The van der Waals surface area contributed by atoms with Crippen molar-refractivity contribution in [1.29, 1.82) is 0 Å². The Morgan fingerprint density at radius 1 is 1.08 bits per heavy atom. The topological polar surface area (TPSA) is 140 Å². The van der Waals surface area contributed by atoms with Crippen LogP contribution in [0.2, 0.25) is 0 Å². The van der Waals surface area contributed by atoms with Crippen molar-refractivity contribution in [2.24, 2.45) is 5.92 Å². The number of furan rings is 1. The van der Waals surface area contributed by atoms with Gasteiger partial charge in [-0.05, 0) is 65.6 Å². The van der Waals surface area contributed by atoms with E-state index in [0.717, 1.165) is 5.56 Å². The lowest BCUT2D eigenvalue weighted by Gasteiger charge is -2.41. The standard InChI is InChI=1S/C36H40F3N5O6S/c37-36(38,39)22-41-35(48)29-19-43(18-26-8-9-32(50-26)28-6-3-4-11-40-28)12-13-44(29)17-25(45)16-24(15-23-10-14-51-21-23)34(47)42-33-27-5-1-2-7-31(27)49-20-30(33)46/h1-11,14,21,24-25,29-30,33,45-46H,12-13,15-20,22H2,(H,41,48)(H,42,47)/t24?,25-,29-,30+,33-/m0/s1. The number of piperazine rings is 1. The Morgan fingerprint density at radius 2 is 1.90 bits per heavy atom. The summed E-state index contributed by atoms with van der Waals surface area (Å²) in [6.45, 7) is -0.370. The summed E-state index contributed by atoms with van der Waals surface area (Å²) in [5.41, 5.74) is 2.21. The molecule has 0 bridgehead atoms. The van der Waals surface area contributed by atoms with E-state index >= 15 is 0 Å². The minimum atomic E-state index is -4.59. The van der Waals surface area contributed by atoms with Gasteiger partial charge in [-0.3, -0.25) is 24.4 Å². The number of nitrogens with one attached hydrogen (secondary N) is 2. The molecule has 0 saturated carbocycles. The molecule has 5 heterocycles. The molecule has 2 aliphatic rings. The van der Waals surface area contributed by atoms with E-state index in [0.29, 0.717) is 48.0 Å². The summed E-state index contributed by atoms with van der Waals surface area (Å²) < 4.78 is 50.9. The number of para-hydroxylation sites is 1. The summed E-state index contributed by atoms with van der Waals surface area (Å²) in [5.74, 6) is -0.131. The molecule has 4 N–H and O–H groups in total. The van der Waals surface area contributed by atoms with Crippen LogP contribution in [0.15, 0.2) is 82.0 Å². The number of aromatic nitrogens is 1. The van der Waals surface area contributed by atoms with Crippen molar-refractivity contribution in [1.82, 2.24) is 25.4 Å². The van der Waals surface area contributed by atoms with E-state index in [1.807, 2.05) is 39.2 Å². The number of nitrogens with zero attached hydrogens (tertiary/aromatic N) is 3. The minimum absolute atomic E-state index is 0.00880. The van der Waals surface area contributed by atoms with Gasteiger partial charge in [-0.2, -0.15) is 24.5 Å². The smallest absolute Gasteiger partial charge is 0.405 e. The first-order valence-electron chi connectivity index (χ1n) is 16.7. The molecule has 1 aromatic carbocycles. The summed E-state index contributed by atoms with van der Waals surface area (Å²) in [6, 6.07) is 16.4. The third kappa shape index (κ3) is 9.74. The number of amides is 2. The second kappa shape index (κ2) is 16.4. The maximum Gasteiger partial charge on any atom is 0.405 e. The molecular formula is C36H40F3N5O6S.